The van der Waals surface area contributed by atoms with Gasteiger partial charge in [0, 0.05) is 40.9 Å². The zero-order valence-corrected chi connectivity index (χ0v) is 31.2. The van der Waals surface area contributed by atoms with Crippen molar-refractivity contribution in [1.82, 2.24) is 4.90 Å². The molecule has 50 heavy (non-hydrogen) atoms. The van der Waals surface area contributed by atoms with Crippen LogP contribution in [0.15, 0.2) is 82.4 Å². The van der Waals surface area contributed by atoms with Crippen molar-refractivity contribution < 1.29 is 29.0 Å². The first-order valence-corrected chi connectivity index (χ1v) is 21.2. The number of fused-ring (bicyclic) bond motifs is 2. The van der Waals surface area contributed by atoms with Crippen LogP contribution in [0.4, 0.5) is 11.4 Å². The van der Waals surface area contributed by atoms with E-state index in [2.05, 4.69) is 21.0 Å². The topological polar surface area (TPSA) is 123 Å². The molecule has 262 valence electrons. The van der Waals surface area contributed by atoms with E-state index in [9.17, 15) is 24.3 Å². The molecule has 2 fully saturated rings. The van der Waals surface area contributed by atoms with E-state index >= 15 is 0 Å². The van der Waals surface area contributed by atoms with Gasteiger partial charge in [0.1, 0.15) is 0 Å². The second kappa shape index (κ2) is 13.5. The van der Waals surface area contributed by atoms with Crippen molar-refractivity contribution in [2.75, 3.05) is 23.1 Å². The number of nitrogens with zero attached hydrogens (tertiary/aromatic N) is 4. The highest BCUT2D eigenvalue weighted by Gasteiger charge is 2.66. The van der Waals surface area contributed by atoms with Gasteiger partial charge in [-0.05, 0) is 67.4 Å². The van der Waals surface area contributed by atoms with E-state index in [4.69, 9.17) is 4.74 Å². The van der Waals surface area contributed by atoms with Crippen molar-refractivity contribution in [3.63, 3.8) is 0 Å². The largest absolute Gasteiger partial charge is 0.432 e. The Hall–Kier alpha value is -3.68. The molecule has 7 rings (SSSR count). The SMILES string of the molecule is C[C@@H]1[C@@H]([Si](C)(C)O)[C@H](CC(=O)N2CCC[C@H]2CO)O[C@@]12C(=O)N(Cc1ccc(N3N=C(c4ccccc4)CCC3=O)cc1)c1ccc(Br)cc12. The molecule has 0 bridgehead atoms. The first kappa shape index (κ1) is 34.8. The lowest BCUT2D eigenvalue weighted by Gasteiger charge is -2.33. The van der Waals surface area contributed by atoms with E-state index in [1.165, 1.54) is 5.01 Å². The molecule has 12 heteroatoms. The van der Waals surface area contributed by atoms with E-state index in [0.29, 0.717) is 25.1 Å². The molecule has 3 aromatic carbocycles. The third-order valence-electron chi connectivity index (χ3n) is 10.9. The minimum Gasteiger partial charge on any atom is -0.432 e. The second-order valence-corrected chi connectivity index (χ2v) is 19.4. The molecule has 4 aliphatic heterocycles. The number of carbonyl (C=O) groups excluding carboxylic acids is 3. The first-order chi connectivity index (χ1) is 23.9. The molecule has 10 nitrogen and oxygen atoms in total. The van der Waals surface area contributed by atoms with Gasteiger partial charge in [-0.25, -0.2) is 5.01 Å². The number of carbonyl (C=O) groups is 3. The maximum Gasteiger partial charge on any atom is 0.264 e. The van der Waals surface area contributed by atoms with Crippen LogP contribution in [0.25, 0.3) is 0 Å². The van der Waals surface area contributed by atoms with Gasteiger partial charge in [0.15, 0.2) is 13.9 Å². The van der Waals surface area contributed by atoms with Gasteiger partial charge in [-0.3, -0.25) is 14.4 Å². The lowest BCUT2D eigenvalue weighted by molar-refractivity contribution is -0.150. The number of hydrogen-bond donors (Lipinski definition) is 2. The maximum atomic E-state index is 14.8. The molecule has 0 saturated carbocycles. The molecule has 0 aromatic heterocycles. The third kappa shape index (κ3) is 6.04. The fourth-order valence-corrected chi connectivity index (χ4v) is 11.5. The number of aliphatic hydroxyl groups is 1. The Morgan fingerprint density at radius 1 is 1.06 bits per heavy atom. The summed E-state index contributed by atoms with van der Waals surface area (Å²) in [7, 11) is -2.96. The van der Waals surface area contributed by atoms with Crippen LogP contribution in [0, 0.1) is 5.92 Å². The van der Waals surface area contributed by atoms with Crippen LogP contribution in [0.2, 0.25) is 18.6 Å². The zero-order chi connectivity index (χ0) is 35.4. The highest BCUT2D eigenvalue weighted by atomic mass is 79.9. The number of anilines is 2. The van der Waals surface area contributed by atoms with Crippen LogP contribution in [0.5, 0.6) is 0 Å². The van der Waals surface area contributed by atoms with Gasteiger partial charge in [0.2, 0.25) is 11.8 Å². The van der Waals surface area contributed by atoms with Crippen molar-refractivity contribution >= 4 is 59.1 Å². The van der Waals surface area contributed by atoms with Gasteiger partial charge in [0.25, 0.3) is 5.91 Å². The molecule has 0 aliphatic carbocycles. The van der Waals surface area contributed by atoms with Gasteiger partial charge in [-0.15, -0.1) is 0 Å². The predicted molar refractivity (Wildman–Crippen MR) is 197 cm³/mol. The van der Waals surface area contributed by atoms with Gasteiger partial charge in [-0.2, -0.15) is 5.10 Å². The molecule has 3 aromatic rings. The summed E-state index contributed by atoms with van der Waals surface area (Å²) in [6, 6.07) is 22.9. The third-order valence-corrected chi connectivity index (χ3v) is 13.9. The van der Waals surface area contributed by atoms with Crippen LogP contribution >= 0.6 is 15.9 Å². The van der Waals surface area contributed by atoms with Crippen LogP contribution in [0.3, 0.4) is 0 Å². The van der Waals surface area contributed by atoms with Crippen LogP contribution in [-0.2, 0) is 31.3 Å². The number of benzene rings is 3. The van der Waals surface area contributed by atoms with Crippen molar-refractivity contribution in [3.8, 4) is 0 Å². The molecular formula is C38H43BrN4O6Si. The Morgan fingerprint density at radius 2 is 1.80 bits per heavy atom. The lowest BCUT2D eigenvalue weighted by atomic mass is 9.82. The molecule has 2 saturated heterocycles. The molecule has 5 atom stereocenters. The highest BCUT2D eigenvalue weighted by Crippen LogP contribution is 2.60. The van der Waals surface area contributed by atoms with Crippen molar-refractivity contribution in [2.45, 2.75) is 82.0 Å². The number of likely N-dealkylation sites (tertiary alicyclic amines) is 1. The second-order valence-electron chi connectivity index (χ2n) is 14.5. The minimum absolute atomic E-state index is 0.0337. The Kier molecular flexibility index (Phi) is 9.35. The maximum absolute atomic E-state index is 14.8. The number of ether oxygens (including phenoxy) is 1. The Labute approximate surface area is 302 Å². The highest BCUT2D eigenvalue weighted by molar-refractivity contribution is 9.10. The summed E-state index contributed by atoms with van der Waals surface area (Å²) in [5.74, 6) is -0.828. The predicted octanol–water partition coefficient (Wildman–Crippen LogP) is 5.70. The van der Waals surface area contributed by atoms with Crippen LogP contribution in [-0.4, -0.2) is 71.9 Å². The van der Waals surface area contributed by atoms with Gasteiger partial charge < -0.3 is 24.4 Å². The molecule has 0 unspecified atom stereocenters. The molecule has 1 spiro atoms. The van der Waals surface area contributed by atoms with Crippen LogP contribution in [0.1, 0.15) is 55.7 Å². The van der Waals surface area contributed by atoms with Crippen LogP contribution < -0.4 is 9.91 Å². The summed E-state index contributed by atoms with van der Waals surface area (Å²) in [5.41, 5.74) is 3.03. The summed E-state index contributed by atoms with van der Waals surface area (Å²) in [6.45, 7) is 6.41. The fraction of sp³-hybridized carbons (Fsp3) is 0.421. The smallest absolute Gasteiger partial charge is 0.264 e. The number of aliphatic hydroxyl groups excluding tert-OH is 1. The number of hydrogen-bond acceptors (Lipinski definition) is 7. The summed E-state index contributed by atoms with van der Waals surface area (Å²) in [5, 5.41) is 16.0. The van der Waals surface area contributed by atoms with Crippen molar-refractivity contribution in [2.24, 2.45) is 11.0 Å². The summed E-state index contributed by atoms with van der Waals surface area (Å²) < 4.78 is 7.67. The monoisotopic (exact) mass is 758 g/mol. The van der Waals surface area contributed by atoms with E-state index in [1.54, 1.807) is 9.80 Å². The van der Waals surface area contributed by atoms with E-state index in [0.717, 1.165) is 45.4 Å². The summed E-state index contributed by atoms with van der Waals surface area (Å²) >= 11 is 3.61. The number of halogens is 1. The standard InChI is InChI=1S/C38H43BrN4O6Si/c1-24-36(50(2,3)48)33(21-35(46)41-19-7-10-29(41)23-44)49-38(24)30-20-27(39)13-17-32(30)42(37(38)47)22-25-11-14-28(15-12-25)43-34(45)18-16-31(40-43)26-8-5-4-6-9-26/h4-6,8-9,11-15,17,20,24,29,33,36,44,48H,7,10,16,18-19,21-23H2,1-3H3/t24-,29+,33+,36-,38+/m1/s1. The number of hydrazone groups is 1. The lowest BCUT2D eigenvalue weighted by Crippen LogP contribution is -2.46. The average Bonchev–Trinajstić information content (AvgIpc) is 3.76. The van der Waals surface area contributed by atoms with E-state index in [-0.39, 0.29) is 48.9 Å². The first-order valence-electron chi connectivity index (χ1n) is 17.4. The Bertz CT molecular complexity index is 1830. The van der Waals surface area contributed by atoms with Gasteiger partial charge >= 0.3 is 0 Å². The molecule has 4 aliphatic rings. The summed E-state index contributed by atoms with van der Waals surface area (Å²) in [4.78, 5) is 56.4. The Morgan fingerprint density at radius 3 is 2.50 bits per heavy atom. The number of rotatable bonds is 8. The van der Waals surface area contributed by atoms with Crippen molar-refractivity contribution in [3.05, 3.63) is 94.0 Å². The fourth-order valence-electron chi connectivity index (χ4n) is 8.57. The van der Waals surface area contributed by atoms with E-state index < -0.39 is 25.9 Å². The van der Waals surface area contributed by atoms with Gasteiger partial charge in [-0.1, -0.05) is 65.3 Å². The Balaban J connectivity index is 1.17. The van der Waals surface area contributed by atoms with Gasteiger partial charge in [0.05, 0.1) is 48.8 Å². The normalized spacial score (nSPS) is 26.6. The van der Waals surface area contributed by atoms with Crippen molar-refractivity contribution in [1.29, 1.82) is 0 Å². The van der Waals surface area contributed by atoms with E-state index in [1.807, 2.05) is 92.8 Å². The molecule has 3 amide bonds. The molecular weight excluding hydrogens is 716 g/mol. The number of amides is 3. The molecule has 2 N–H and O–H groups in total. The molecule has 0 radical (unpaired) electrons. The summed E-state index contributed by atoms with van der Waals surface area (Å²) in [6.07, 6.45) is 1.90. The average molecular weight is 760 g/mol. The minimum atomic E-state index is -2.96. The zero-order valence-electron chi connectivity index (χ0n) is 28.6. The quantitative estimate of drug-likeness (QED) is 0.285. The molecule has 4 heterocycles.